The molecule has 1 atom stereocenters. The highest BCUT2D eigenvalue weighted by Gasteiger charge is 2.15. The van der Waals surface area contributed by atoms with E-state index in [1.54, 1.807) is 0 Å². The third-order valence-electron chi connectivity index (χ3n) is 4.13. The van der Waals surface area contributed by atoms with Crippen molar-refractivity contribution in [1.82, 2.24) is 0 Å². The number of nitrogens with one attached hydrogen (secondary N) is 1. The van der Waals surface area contributed by atoms with E-state index in [0.717, 1.165) is 17.8 Å². The smallest absolute Gasteiger partial charge is 0.0385 e. The number of hydrogen-bond acceptors (Lipinski definition) is 2. The summed E-state index contributed by atoms with van der Waals surface area (Å²) >= 11 is 0. The maximum atomic E-state index is 3.42. The Morgan fingerprint density at radius 1 is 0.905 bits per heavy atom. The standard InChI is InChI=1S/C19H22N2/c1-21(18-10-6-3-7-11-18)19-14-12-17(13-15-19)20-16-8-4-2-5-9-16/h2-6,8-9,12-15,18,20H,7,10-11H2,1H3. The SMILES string of the molecule is CN(c1ccc(Nc2ccccc2)cc1)C1CC=CCC1. The quantitative estimate of drug-likeness (QED) is 0.794. The van der Waals surface area contributed by atoms with Crippen LogP contribution in [0.3, 0.4) is 0 Å². The van der Waals surface area contributed by atoms with Gasteiger partial charge < -0.3 is 10.2 Å². The van der Waals surface area contributed by atoms with Crippen LogP contribution >= 0.6 is 0 Å². The van der Waals surface area contributed by atoms with Crippen LogP contribution in [-0.2, 0) is 0 Å². The Kier molecular flexibility index (Phi) is 4.25. The average molecular weight is 278 g/mol. The van der Waals surface area contributed by atoms with E-state index in [2.05, 4.69) is 65.8 Å². The summed E-state index contributed by atoms with van der Waals surface area (Å²) in [5.74, 6) is 0. The second-order valence-electron chi connectivity index (χ2n) is 5.59. The van der Waals surface area contributed by atoms with Gasteiger partial charge in [0.25, 0.3) is 0 Å². The Morgan fingerprint density at radius 3 is 2.29 bits per heavy atom. The summed E-state index contributed by atoms with van der Waals surface area (Å²) in [7, 11) is 2.20. The number of benzene rings is 2. The number of para-hydroxylation sites is 1. The predicted molar refractivity (Wildman–Crippen MR) is 91.3 cm³/mol. The van der Waals surface area contributed by atoms with Crippen LogP contribution < -0.4 is 10.2 Å². The summed E-state index contributed by atoms with van der Waals surface area (Å²) < 4.78 is 0. The van der Waals surface area contributed by atoms with Crippen molar-refractivity contribution in [3.05, 3.63) is 66.7 Å². The fourth-order valence-electron chi connectivity index (χ4n) is 2.81. The Bertz CT molecular complexity index is 587. The molecule has 1 N–H and O–H groups in total. The molecule has 0 fully saturated rings. The minimum atomic E-state index is 0.628. The molecule has 0 aliphatic heterocycles. The van der Waals surface area contributed by atoms with Gasteiger partial charge in [0.15, 0.2) is 0 Å². The first kappa shape index (κ1) is 13.7. The summed E-state index contributed by atoms with van der Waals surface area (Å²) in [5.41, 5.74) is 3.53. The maximum Gasteiger partial charge on any atom is 0.0385 e. The Balaban J connectivity index is 1.67. The van der Waals surface area contributed by atoms with Gasteiger partial charge in [-0.15, -0.1) is 0 Å². The molecule has 108 valence electrons. The van der Waals surface area contributed by atoms with Gasteiger partial charge in [-0.05, 0) is 55.7 Å². The molecule has 0 aromatic heterocycles. The fourth-order valence-corrected chi connectivity index (χ4v) is 2.81. The van der Waals surface area contributed by atoms with Crippen molar-refractivity contribution in [3.8, 4) is 0 Å². The zero-order valence-electron chi connectivity index (χ0n) is 12.5. The van der Waals surface area contributed by atoms with E-state index in [1.807, 2.05) is 18.2 Å². The molecule has 0 heterocycles. The van der Waals surface area contributed by atoms with Gasteiger partial charge in [0.1, 0.15) is 0 Å². The number of anilines is 3. The lowest BCUT2D eigenvalue weighted by atomic mass is 10.0. The largest absolute Gasteiger partial charge is 0.371 e. The van der Waals surface area contributed by atoms with Gasteiger partial charge in [-0.2, -0.15) is 0 Å². The molecule has 0 saturated heterocycles. The van der Waals surface area contributed by atoms with E-state index < -0.39 is 0 Å². The molecule has 0 bridgehead atoms. The summed E-state index contributed by atoms with van der Waals surface area (Å²) in [4.78, 5) is 2.40. The van der Waals surface area contributed by atoms with Crippen molar-refractivity contribution in [2.45, 2.75) is 25.3 Å². The second-order valence-corrected chi connectivity index (χ2v) is 5.59. The highest BCUT2D eigenvalue weighted by molar-refractivity contribution is 5.62. The second kappa shape index (κ2) is 6.49. The van der Waals surface area contributed by atoms with Crippen LogP contribution in [0.4, 0.5) is 17.1 Å². The number of nitrogens with zero attached hydrogens (tertiary/aromatic N) is 1. The van der Waals surface area contributed by atoms with E-state index in [4.69, 9.17) is 0 Å². The first-order valence-electron chi connectivity index (χ1n) is 7.63. The molecular formula is C19H22N2. The van der Waals surface area contributed by atoms with Crippen LogP contribution in [0.5, 0.6) is 0 Å². The van der Waals surface area contributed by atoms with Crippen LogP contribution in [0.2, 0.25) is 0 Å². The van der Waals surface area contributed by atoms with Crippen molar-refractivity contribution < 1.29 is 0 Å². The van der Waals surface area contributed by atoms with Crippen LogP contribution in [0.1, 0.15) is 19.3 Å². The van der Waals surface area contributed by atoms with Crippen molar-refractivity contribution in [2.75, 3.05) is 17.3 Å². The van der Waals surface area contributed by atoms with Crippen molar-refractivity contribution in [3.63, 3.8) is 0 Å². The molecule has 1 unspecified atom stereocenters. The van der Waals surface area contributed by atoms with Crippen LogP contribution in [0, 0.1) is 0 Å². The van der Waals surface area contributed by atoms with E-state index in [9.17, 15) is 0 Å². The van der Waals surface area contributed by atoms with Gasteiger partial charge in [0.05, 0.1) is 0 Å². The lowest BCUT2D eigenvalue weighted by molar-refractivity contribution is 0.574. The van der Waals surface area contributed by atoms with Gasteiger partial charge >= 0.3 is 0 Å². The third kappa shape index (κ3) is 3.46. The van der Waals surface area contributed by atoms with Gasteiger partial charge in [0, 0.05) is 30.2 Å². The van der Waals surface area contributed by atoms with Crippen LogP contribution in [0.15, 0.2) is 66.7 Å². The van der Waals surface area contributed by atoms with Gasteiger partial charge in [0.2, 0.25) is 0 Å². The monoisotopic (exact) mass is 278 g/mol. The number of hydrogen-bond donors (Lipinski definition) is 1. The fraction of sp³-hybridized carbons (Fsp3) is 0.263. The number of allylic oxidation sites excluding steroid dienone is 1. The Hall–Kier alpha value is -2.22. The van der Waals surface area contributed by atoms with Crippen molar-refractivity contribution >= 4 is 17.1 Å². The minimum Gasteiger partial charge on any atom is -0.371 e. The van der Waals surface area contributed by atoms with E-state index in [-0.39, 0.29) is 0 Å². The molecule has 2 nitrogen and oxygen atoms in total. The molecule has 0 saturated carbocycles. The molecule has 1 aliphatic carbocycles. The molecule has 21 heavy (non-hydrogen) atoms. The first-order chi connectivity index (χ1) is 10.3. The van der Waals surface area contributed by atoms with Crippen LogP contribution in [0.25, 0.3) is 0 Å². The maximum absolute atomic E-state index is 3.42. The molecular weight excluding hydrogens is 256 g/mol. The minimum absolute atomic E-state index is 0.628. The van der Waals surface area contributed by atoms with Crippen LogP contribution in [-0.4, -0.2) is 13.1 Å². The molecule has 0 radical (unpaired) electrons. The third-order valence-corrected chi connectivity index (χ3v) is 4.13. The average Bonchev–Trinajstić information content (AvgIpc) is 2.57. The van der Waals surface area contributed by atoms with Gasteiger partial charge in [-0.3, -0.25) is 0 Å². The zero-order chi connectivity index (χ0) is 14.5. The normalized spacial score (nSPS) is 17.5. The number of rotatable bonds is 4. The summed E-state index contributed by atoms with van der Waals surface area (Å²) in [6.45, 7) is 0. The highest BCUT2D eigenvalue weighted by atomic mass is 15.1. The van der Waals surface area contributed by atoms with Gasteiger partial charge in [-0.25, -0.2) is 0 Å². The highest BCUT2D eigenvalue weighted by Crippen LogP contribution is 2.25. The van der Waals surface area contributed by atoms with Crippen molar-refractivity contribution in [2.24, 2.45) is 0 Å². The molecule has 0 spiro atoms. The Labute approximate surface area is 127 Å². The molecule has 3 rings (SSSR count). The summed E-state index contributed by atoms with van der Waals surface area (Å²) in [5, 5.41) is 3.42. The molecule has 2 aromatic rings. The molecule has 0 amide bonds. The molecule has 2 heteroatoms. The lowest BCUT2D eigenvalue weighted by Crippen LogP contribution is -2.32. The predicted octanol–water partition coefficient (Wildman–Crippen LogP) is 4.98. The Morgan fingerprint density at radius 2 is 1.62 bits per heavy atom. The summed E-state index contributed by atoms with van der Waals surface area (Å²) in [6, 6.07) is 19.6. The van der Waals surface area contributed by atoms with E-state index in [0.29, 0.717) is 6.04 Å². The van der Waals surface area contributed by atoms with Gasteiger partial charge in [-0.1, -0.05) is 30.4 Å². The van der Waals surface area contributed by atoms with E-state index >= 15 is 0 Å². The molecule has 2 aromatic carbocycles. The first-order valence-corrected chi connectivity index (χ1v) is 7.63. The topological polar surface area (TPSA) is 15.3 Å². The molecule has 1 aliphatic rings. The van der Waals surface area contributed by atoms with E-state index in [1.165, 1.54) is 18.5 Å². The summed E-state index contributed by atoms with van der Waals surface area (Å²) in [6.07, 6.45) is 8.19. The zero-order valence-corrected chi connectivity index (χ0v) is 12.5. The van der Waals surface area contributed by atoms with Crippen molar-refractivity contribution in [1.29, 1.82) is 0 Å². The lowest BCUT2D eigenvalue weighted by Gasteiger charge is -2.31.